The summed E-state index contributed by atoms with van der Waals surface area (Å²) in [6, 6.07) is -0.457. The van der Waals surface area contributed by atoms with E-state index in [1.165, 1.54) is 24.8 Å². The van der Waals surface area contributed by atoms with E-state index in [1.54, 1.807) is 0 Å². The first-order chi connectivity index (χ1) is 47.3. The van der Waals surface area contributed by atoms with Crippen LogP contribution in [0.1, 0.15) is 135 Å². The minimum absolute atomic E-state index is 0.00352. The van der Waals surface area contributed by atoms with E-state index in [0.717, 1.165) is 31.0 Å². The molecule has 0 aromatic rings. The number of fused-ring (bicyclic) bond motifs is 6. The molecule has 12 aliphatic rings. The maximum absolute atomic E-state index is 12.0. The Bertz CT molecular complexity index is 3040. The number of β-lactam (4-membered cyclic amide) rings is 6. The molecule has 9 saturated heterocycles. The van der Waals surface area contributed by atoms with E-state index in [-0.39, 0.29) is 154 Å². The number of carbonyl (C=O) groups excluding carboxylic acids is 9. The number of hydrogen-bond donors (Lipinski definition) is 12. The van der Waals surface area contributed by atoms with Crippen molar-refractivity contribution in [1.82, 2.24) is 31.9 Å². The number of amides is 6. The van der Waals surface area contributed by atoms with E-state index in [1.807, 2.05) is 83.1 Å². The van der Waals surface area contributed by atoms with Gasteiger partial charge in [-0.05, 0) is 12.3 Å². The van der Waals surface area contributed by atoms with Crippen LogP contribution in [0.15, 0.2) is 28.9 Å². The summed E-state index contributed by atoms with van der Waals surface area (Å²) in [5, 5.41) is 78.9. The predicted octanol–water partition coefficient (Wildman–Crippen LogP) is 4.51. The summed E-state index contributed by atoms with van der Waals surface area (Å²) in [5.74, 6) is 2.21. The molecule has 21 nitrogen and oxygen atoms in total. The molecule has 0 bridgehead atoms. The summed E-state index contributed by atoms with van der Waals surface area (Å²) in [7, 11) is 0. The van der Waals surface area contributed by atoms with E-state index in [0.29, 0.717) is 54.5 Å². The molecular weight excluding hydrogens is 1930 g/mol. The van der Waals surface area contributed by atoms with Crippen molar-refractivity contribution in [2.24, 2.45) is 53.3 Å². The van der Waals surface area contributed by atoms with Crippen LogP contribution in [0.5, 0.6) is 0 Å². The number of allylic oxidation sites excluding steroid dienone is 2. The molecule has 33 heteroatoms. The fourth-order valence-electron chi connectivity index (χ4n) is 15.4. The van der Waals surface area contributed by atoms with Crippen LogP contribution in [0.25, 0.3) is 0 Å². The molecule has 0 aromatic heterocycles. The van der Waals surface area contributed by atoms with Gasteiger partial charge in [0, 0.05) is 5.88 Å². The van der Waals surface area contributed by atoms with Gasteiger partial charge in [0.15, 0.2) is 5.12 Å². The first kappa shape index (κ1) is 88.5. The van der Waals surface area contributed by atoms with Gasteiger partial charge < -0.3 is 10.4 Å². The van der Waals surface area contributed by atoms with Crippen molar-refractivity contribution < 1.29 is 73.8 Å². The summed E-state index contributed by atoms with van der Waals surface area (Å²) >= 11 is 32.6. The van der Waals surface area contributed by atoms with Gasteiger partial charge in [-0.3, -0.25) is 9.59 Å². The third-order valence-electron chi connectivity index (χ3n) is 21.2. The molecule has 3 unspecified atom stereocenters. The third kappa shape index (κ3) is 15.6. The molecule has 12 heterocycles. The molecule has 6 amide bonds. The van der Waals surface area contributed by atoms with Crippen molar-refractivity contribution >= 4 is 223 Å². The van der Waals surface area contributed by atoms with Crippen molar-refractivity contribution in [3.8, 4) is 0 Å². The van der Waals surface area contributed by atoms with E-state index in [9.17, 15) is 73.8 Å². The van der Waals surface area contributed by atoms with Gasteiger partial charge in [0.05, 0.1) is 18.1 Å². The van der Waals surface area contributed by atoms with Crippen LogP contribution in [-0.4, -0.2) is 285 Å². The van der Waals surface area contributed by atoms with Gasteiger partial charge in [0.25, 0.3) is 0 Å². The molecule has 0 aromatic carbocycles. The maximum atomic E-state index is 12.0. The molecule has 12 rings (SSSR count). The molecule has 101 heavy (non-hydrogen) atoms. The molecule has 12 aliphatic heterocycles. The Kier molecular flexibility index (Phi) is 31.3. The molecule has 0 saturated carbocycles. The van der Waals surface area contributed by atoms with Crippen LogP contribution in [0.3, 0.4) is 0 Å². The van der Waals surface area contributed by atoms with E-state index in [2.05, 4.69) is 49.9 Å². The predicted molar refractivity (Wildman–Crippen MR) is 400 cm³/mol. The molecule has 0 radical (unpaired) electrons. The molecule has 21 atom stereocenters. The number of halogens is 6. The van der Waals surface area contributed by atoms with E-state index in [4.69, 9.17) is 69.6 Å². The van der Waals surface area contributed by atoms with Crippen molar-refractivity contribution in [3.63, 3.8) is 0 Å². The Morgan fingerprint density at radius 2 is 0.871 bits per heavy atom. The van der Waals surface area contributed by atoms with Gasteiger partial charge in [0.2, 0.25) is 5.91 Å². The average molecular weight is 2030 g/mol. The topological polar surface area (TPSA) is 347 Å². The van der Waals surface area contributed by atoms with Crippen LogP contribution in [0.2, 0.25) is 19.0 Å². The first-order valence-electron chi connectivity index (χ1n) is 34.4. The van der Waals surface area contributed by atoms with Crippen LogP contribution in [0, 0.1) is 53.3 Å². The third-order valence-corrected chi connectivity index (χ3v) is 43.5. The monoisotopic (exact) mass is 2030 g/mol. The number of aliphatic hydroxyl groups is 6. The van der Waals surface area contributed by atoms with Gasteiger partial charge in [-0.1, -0.05) is 25.6 Å². The van der Waals surface area contributed by atoms with Crippen LogP contribution in [0.4, 0.5) is 0 Å². The molecular formula is C68H100Cl6N6O15SSe2Te3. The Morgan fingerprint density at radius 1 is 0.436 bits per heavy atom. The van der Waals surface area contributed by atoms with Crippen molar-refractivity contribution in [2.45, 2.75) is 232 Å². The normalized spacial score (nSPS) is 35.7. The summed E-state index contributed by atoms with van der Waals surface area (Å²) < 4.78 is 1.06. The first-order valence-corrected chi connectivity index (χ1v) is 49.0. The van der Waals surface area contributed by atoms with Crippen molar-refractivity contribution in [1.29, 1.82) is 0 Å². The van der Waals surface area contributed by atoms with Gasteiger partial charge in [0.1, 0.15) is 4.75 Å². The zero-order valence-electron chi connectivity index (χ0n) is 59.3. The van der Waals surface area contributed by atoms with E-state index >= 15 is 0 Å². The quantitative estimate of drug-likeness (QED) is 0.0359. The number of thioether (sulfide) groups is 1. The molecule has 570 valence electrons. The van der Waals surface area contributed by atoms with Gasteiger partial charge in [-0.25, -0.2) is 0 Å². The fraction of sp³-hybridized carbons (Fsp3) is 0.779. The van der Waals surface area contributed by atoms with Gasteiger partial charge in [-0.15, -0.1) is 11.6 Å². The van der Waals surface area contributed by atoms with E-state index < -0.39 is 138 Å². The second kappa shape index (κ2) is 35.8. The number of alkyl halides is 6. The summed E-state index contributed by atoms with van der Waals surface area (Å²) in [4.78, 5) is 107. The summed E-state index contributed by atoms with van der Waals surface area (Å²) in [6.45, 7) is 27.2. The molecule has 12 N–H and O–H groups in total. The summed E-state index contributed by atoms with van der Waals surface area (Å²) in [5.41, 5.74) is 3.76. The number of rotatable bonds is 24. The second-order valence-corrected chi connectivity index (χ2v) is 50.0. The molecule has 0 spiro atoms. The standard InChI is InChI=1S/C12H18ClNO2Se.C12H18ClNO2Te.C11H16ClNO3S.C11H16ClNO3Se.C11H16ClNO3Te.C11H16ClNO2Te/c2*1-6(2)10(15)12-9(14-11(12)16)8(4-5-13)7(3)17-12;3*1-5(2)8(14)11-7(13-10(11)16)6(3-4-12)9(15)17-11;1-6(2)9(14)11-8(13-10(11)15)7(3-4-12)5-16-11/h2*6,9-10,15H,4-5H2,1-3H3,(H,14,16);3*5-8,14H,3-4H2,1-2H3,(H,13,16);5-6,8-9,14H,3-4H2,1-2H3,(H,13,15)/t2*9-,10-,12-;3*6?,7-,8-,11-;8-,9-,11-/m000000/s1. The average Bonchev–Trinajstić information content (AvgIpc) is 1.62. The zero-order chi connectivity index (χ0) is 75.9. The second-order valence-electron chi connectivity index (χ2n) is 29.5. The summed E-state index contributed by atoms with van der Waals surface area (Å²) in [6.07, 6.45) is 0.376. The SMILES string of the molecule is CC(C)[C@H](O)[C@@]12SC(=O)C(CCCl)[C@@H]1NC2=O.CC(C)[C@H](O)[C@@]12[Se]C(=O)C(CCCl)[C@@H]1NC2=O.CC(C)[C@H](O)[C@@]12[Te]C(=O)C(CCCl)[C@@H]1NC2=O.CC(C)[C@H](O)[C@@]12[Te]C=C(CCCl)[C@@H]1NC2=O.CC1=C(CCCl)[C@@H]2NC(=O)[C@]2([C@@H](O)C(C)C)[Se]1.CC1=C(CCCl)[C@@H]2NC(=O)[C@]2([C@@H](O)C(C)C)[Te]1. The van der Waals surface area contributed by atoms with Crippen molar-refractivity contribution in [2.75, 3.05) is 35.3 Å². The van der Waals surface area contributed by atoms with Gasteiger partial charge in [-0.2, -0.15) is 0 Å². The Labute approximate surface area is 671 Å². The number of carbonyl (C=O) groups is 9. The Morgan fingerprint density at radius 3 is 1.35 bits per heavy atom. The molecule has 9 fully saturated rings. The Hall–Kier alpha value is 0.308. The van der Waals surface area contributed by atoms with Crippen LogP contribution >= 0.6 is 81.4 Å². The van der Waals surface area contributed by atoms with Gasteiger partial charge >= 0.3 is 569 Å². The van der Waals surface area contributed by atoms with Crippen molar-refractivity contribution in [3.05, 3.63) is 28.9 Å². The zero-order valence-corrected chi connectivity index (χ0v) is 75.0. The number of nitrogens with one attached hydrogen (secondary N) is 6. The van der Waals surface area contributed by atoms with Crippen LogP contribution < -0.4 is 31.9 Å². The van der Waals surface area contributed by atoms with Crippen LogP contribution in [-0.2, 0) is 43.2 Å². The number of hydrogen-bond acceptors (Lipinski definition) is 16. The fourth-order valence-corrected chi connectivity index (χ4v) is 39.3. The Balaban J connectivity index is 0.000000170. The molecule has 0 aliphatic carbocycles. The minimum atomic E-state index is -1.15. The number of aliphatic hydroxyl groups excluding tert-OH is 6.